The van der Waals surface area contributed by atoms with Gasteiger partial charge in [-0.05, 0) is 53.5 Å². The highest BCUT2D eigenvalue weighted by molar-refractivity contribution is 9.10. The number of carbonyl (C=O) groups excluding carboxylic acids is 1. The van der Waals surface area contributed by atoms with Gasteiger partial charge in [0.05, 0.1) is 4.47 Å². The highest BCUT2D eigenvalue weighted by Crippen LogP contribution is 2.19. The van der Waals surface area contributed by atoms with E-state index in [-0.39, 0.29) is 11.7 Å². The molecule has 0 bridgehead atoms. The molecule has 1 rings (SSSR count). The summed E-state index contributed by atoms with van der Waals surface area (Å²) < 4.78 is 13.6. The molecule has 0 aliphatic carbocycles. The Bertz CT molecular complexity index is 399. The highest BCUT2D eigenvalue weighted by atomic mass is 79.9. The van der Waals surface area contributed by atoms with Crippen LogP contribution in [0.3, 0.4) is 0 Å². The number of nitrogens with two attached hydrogens (primary N) is 1. The van der Waals surface area contributed by atoms with Gasteiger partial charge in [0.2, 0.25) is 5.91 Å². The Morgan fingerprint density at radius 3 is 2.67 bits per heavy atom. The number of halogens is 2. The summed E-state index contributed by atoms with van der Waals surface area (Å²) in [5.74, 6) is -0.458. The molecule has 0 heterocycles. The molecule has 0 fully saturated rings. The van der Waals surface area contributed by atoms with Gasteiger partial charge in [-0.3, -0.25) is 4.79 Å². The molecule has 0 saturated heterocycles. The molecule has 0 radical (unpaired) electrons. The molecule has 3 nitrogen and oxygen atoms in total. The standard InChI is InChI=1S/C13H18BrFN2O/c14-11-7-6-10(9-12(11)15)17-13(18)5-3-1-2-4-8-16/h6-7,9H,1-5,8,16H2,(H,17,18). The van der Waals surface area contributed by atoms with Gasteiger partial charge >= 0.3 is 0 Å². The maximum atomic E-state index is 13.2. The van der Waals surface area contributed by atoms with E-state index in [1.54, 1.807) is 12.1 Å². The largest absolute Gasteiger partial charge is 0.330 e. The Morgan fingerprint density at radius 1 is 1.28 bits per heavy atom. The van der Waals surface area contributed by atoms with Crippen molar-refractivity contribution in [3.63, 3.8) is 0 Å². The number of anilines is 1. The van der Waals surface area contributed by atoms with Gasteiger partial charge in [-0.15, -0.1) is 0 Å². The second kappa shape index (κ2) is 8.21. The minimum Gasteiger partial charge on any atom is -0.330 e. The summed E-state index contributed by atoms with van der Waals surface area (Å²) in [4.78, 5) is 11.6. The lowest BCUT2D eigenvalue weighted by atomic mass is 10.1. The summed E-state index contributed by atoms with van der Waals surface area (Å²) in [6.07, 6.45) is 4.35. The summed E-state index contributed by atoms with van der Waals surface area (Å²) in [6.45, 7) is 0.699. The summed E-state index contributed by atoms with van der Waals surface area (Å²) in [7, 11) is 0. The van der Waals surface area contributed by atoms with Crippen LogP contribution in [0.2, 0.25) is 0 Å². The van der Waals surface area contributed by atoms with Crippen LogP contribution >= 0.6 is 15.9 Å². The first-order valence-electron chi connectivity index (χ1n) is 6.08. The zero-order chi connectivity index (χ0) is 13.4. The first kappa shape index (κ1) is 15.1. The van der Waals surface area contributed by atoms with Crippen LogP contribution < -0.4 is 11.1 Å². The number of hydrogen-bond donors (Lipinski definition) is 2. The molecule has 0 atom stereocenters. The zero-order valence-corrected chi connectivity index (χ0v) is 11.8. The second-order valence-electron chi connectivity index (χ2n) is 4.13. The second-order valence-corrected chi connectivity index (χ2v) is 4.98. The van der Waals surface area contributed by atoms with Crippen molar-refractivity contribution in [1.82, 2.24) is 0 Å². The van der Waals surface area contributed by atoms with Gasteiger partial charge in [-0.25, -0.2) is 4.39 Å². The molecule has 0 aromatic heterocycles. The maximum absolute atomic E-state index is 13.2. The lowest BCUT2D eigenvalue weighted by Crippen LogP contribution is -2.11. The summed E-state index contributed by atoms with van der Waals surface area (Å²) in [6, 6.07) is 4.54. The minimum absolute atomic E-state index is 0.0792. The van der Waals surface area contributed by atoms with Crippen molar-refractivity contribution >= 4 is 27.5 Å². The first-order valence-corrected chi connectivity index (χ1v) is 6.87. The average Bonchev–Trinajstić information content (AvgIpc) is 2.34. The topological polar surface area (TPSA) is 55.1 Å². The SMILES string of the molecule is NCCCCCCC(=O)Nc1ccc(Br)c(F)c1. The molecule has 3 N–H and O–H groups in total. The van der Waals surface area contributed by atoms with E-state index < -0.39 is 0 Å². The third-order valence-electron chi connectivity index (χ3n) is 2.56. The number of unbranched alkanes of at least 4 members (excludes halogenated alkanes) is 3. The quantitative estimate of drug-likeness (QED) is 0.757. The van der Waals surface area contributed by atoms with E-state index >= 15 is 0 Å². The molecule has 0 saturated carbocycles. The van der Waals surface area contributed by atoms with Crippen LogP contribution in [0, 0.1) is 5.82 Å². The van der Waals surface area contributed by atoms with E-state index in [4.69, 9.17) is 5.73 Å². The van der Waals surface area contributed by atoms with E-state index in [1.165, 1.54) is 6.07 Å². The number of nitrogens with one attached hydrogen (secondary N) is 1. The number of amides is 1. The molecule has 1 aromatic rings. The van der Waals surface area contributed by atoms with E-state index in [1.807, 2.05) is 0 Å². The number of carbonyl (C=O) groups is 1. The van der Waals surface area contributed by atoms with Crippen molar-refractivity contribution in [2.45, 2.75) is 32.1 Å². The van der Waals surface area contributed by atoms with Crippen molar-refractivity contribution < 1.29 is 9.18 Å². The summed E-state index contributed by atoms with van der Waals surface area (Å²) in [5.41, 5.74) is 5.87. The molecule has 1 aromatic carbocycles. The molecule has 100 valence electrons. The van der Waals surface area contributed by atoms with Crippen LogP contribution in [-0.4, -0.2) is 12.5 Å². The van der Waals surface area contributed by atoms with Crippen molar-refractivity contribution in [2.24, 2.45) is 5.73 Å². The van der Waals surface area contributed by atoms with Crippen LogP contribution in [0.25, 0.3) is 0 Å². The minimum atomic E-state index is -0.379. The van der Waals surface area contributed by atoms with Crippen molar-refractivity contribution in [3.8, 4) is 0 Å². The molecular weight excluding hydrogens is 299 g/mol. The predicted molar refractivity (Wildman–Crippen MR) is 74.9 cm³/mol. The van der Waals surface area contributed by atoms with Gasteiger partial charge in [0.1, 0.15) is 5.82 Å². The highest BCUT2D eigenvalue weighted by Gasteiger charge is 2.04. The van der Waals surface area contributed by atoms with Crippen molar-refractivity contribution in [2.75, 3.05) is 11.9 Å². The molecular formula is C13H18BrFN2O. The number of hydrogen-bond acceptors (Lipinski definition) is 2. The number of benzene rings is 1. The van der Waals surface area contributed by atoms with E-state index in [0.717, 1.165) is 25.7 Å². The summed E-state index contributed by atoms with van der Waals surface area (Å²) >= 11 is 3.06. The van der Waals surface area contributed by atoms with Crippen LogP contribution in [-0.2, 0) is 4.79 Å². The van der Waals surface area contributed by atoms with Gasteiger partial charge in [-0.1, -0.05) is 12.8 Å². The monoisotopic (exact) mass is 316 g/mol. The molecule has 18 heavy (non-hydrogen) atoms. The Kier molecular flexibility index (Phi) is 6.90. The predicted octanol–water partition coefficient (Wildman–Crippen LogP) is 3.44. The Labute approximate surface area is 115 Å². The summed E-state index contributed by atoms with van der Waals surface area (Å²) in [5, 5.41) is 2.68. The van der Waals surface area contributed by atoms with Gasteiger partial charge in [0, 0.05) is 12.1 Å². The Morgan fingerprint density at radius 2 is 2.00 bits per heavy atom. The fourth-order valence-corrected chi connectivity index (χ4v) is 1.83. The molecule has 0 aliphatic heterocycles. The van der Waals surface area contributed by atoms with E-state index in [9.17, 15) is 9.18 Å². The van der Waals surface area contributed by atoms with Crippen molar-refractivity contribution in [1.29, 1.82) is 0 Å². The fourth-order valence-electron chi connectivity index (χ4n) is 1.58. The lowest BCUT2D eigenvalue weighted by Gasteiger charge is -2.06. The van der Waals surface area contributed by atoms with Gasteiger partial charge < -0.3 is 11.1 Å². The van der Waals surface area contributed by atoms with Gasteiger partial charge in [0.25, 0.3) is 0 Å². The van der Waals surface area contributed by atoms with Gasteiger partial charge in [-0.2, -0.15) is 0 Å². The third kappa shape index (κ3) is 5.60. The Hall–Kier alpha value is -0.940. The van der Waals surface area contributed by atoms with Crippen LogP contribution in [0.4, 0.5) is 10.1 Å². The maximum Gasteiger partial charge on any atom is 0.224 e. The third-order valence-corrected chi connectivity index (χ3v) is 3.20. The normalized spacial score (nSPS) is 10.4. The van der Waals surface area contributed by atoms with Crippen LogP contribution in [0.5, 0.6) is 0 Å². The molecule has 0 spiro atoms. The fraction of sp³-hybridized carbons (Fsp3) is 0.462. The Balaban J connectivity index is 2.29. The lowest BCUT2D eigenvalue weighted by molar-refractivity contribution is -0.116. The molecule has 0 unspecified atom stereocenters. The zero-order valence-electron chi connectivity index (χ0n) is 10.2. The van der Waals surface area contributed by atoms with Gasteiger partial charge in [0.15, 0.2) is 0 Å². The van der Waals surface area contributed by atoms with E-state index in [0.29, 0.717) is 23.1 Å². The molecule has 1 amide bonds. The average molecular weight is 317 g/mol. The van der Waals surface area contributed by atoms with Crippen LogP contribution in [0.15, 0.2) is 22.7 Å². The first-order chi connectivity index (χ1) is 8.63. The van der Waals surface area contributed by atoms with Crippen LogP contribution in [0.1, 0.15) is 32.1 Å². The molecule has 5 heteroatoms. The van der Waals surface area contributed by atoms with Crippen molar-refractivity contribution in [3.05, 3.63) is 28.5 Å². The molecule has 0 aliphatic rings. The van der Waals surface area contributed by atoms with E-state index in [2.05, 4.69) is 21.2 Å². The number of rotatable bonds is 7. The smallest absolute Gasteiger partial charge is 0.224 e.